The predicted octanol–water partition coefficient (Wildman–Crippen LogP) is 1.21. The van der Waals surface area contributed by atoms with Crippen LogP contribution in [0.25, 0.3) is 0 Å². The summed E-state index contributed by atoms with van der Waals surface area (Å²) in [5, 5.41) is 12.7. The van der Waals surface area contributed by atoms with E-state index in [2.05, 4.69) is 5.32 Å². The van der Waals surface area contributed by atoms with Crippen LogP contribution >= 0.6 is 11.3 Å². The van der Waals surface area contributed by atoms with Gasteiger partial charge in [0.1, 0.15) is 0 Å². The summed E-state index contributed by atoms with van der Waals surface area (Å²) in [6, 6.07) is 1.53. The van der Waals surface area contributed by atoms with Gasteiger partial charge in [-0.05, 0) is 23.4 Å². The third-order valence-electron chi connectivity index (χ3n) is 2.91. The summed E-state index contributed by atoms with van der Waals surface area (Å²) < 4.78 is 0. The molecule has 1 aliphatic rings. The molecule has 0 radical (unpaired) electrons. The van der Waals surface area contributed by atoms with Crippen LogP contribution in [0, 0.1) is 0 Å². The topological polar surface area (TPSA) is 86.7 Å². The summed E-state index contributed by atoms with van der Waals surface area (Å²) in [4.78, 5) is 36.4. The van der Waals surface area contributed by atoms with Gasteiger partial charge in [0.05, 0.1) is 6.42 Å². The van der Waals surface area contributed by atoms with E-state index in [1.165, 1.54) is 4.88 Å². The van der Waals surface area contributed by atoms with Crippen LogP contribution in [-0.2, 0) is 22.6 Å². The molecule has 1 aromatic heterocycles. The van der Waals surface area contributed by atoms with Gasteiger partial charge in [-0.25, -0.2) is 4.79 Å². The first kappa shape index (κ1) is 13.5. The van der Waals surface area contributed by atoms with Gasteiger partial charge in [-0.2, -0.15) is 0 Å². The number of hydrogen-bond donors (Lipinski definition) is 2. The average Bonchev–Trinajstić information content (AvgIpc) is 2.83. The van der Waals surface area contributed by atoms with Gasteiger partial charge in [-0.1, -0.05) is 0 Å². The van der Waals surface area contributed by atoms with Crippen molar-refractivity contribution in [1.82, 2.24) is 10.2 Å². The molecule has 1 aliphatic heterocycles. The second kappa shape index (κ2) is 5.83. The predicted molar refractivity (Wildman–Crippen MR) is 68.8 cm³/mol. The Hall–Kier alpha value is -1.89. The summed E-state index contributed by atoms with van der Waals surface area (Å²) >= 11 is 1.67. The molecule has 0 fully saturated rings. The number of nitrogens with one attached hydrogen (secondary N) is 1. The van der Waals surface area contributed by atoms with Gasteiger partial charge in [-0.15, -0.1) is 11.3 Å². The maximum Gasteiger partial charge on any atom is 0.324 e. The van der Waals surface area contributed by atoms with Crippen LogP contribution < -0.4 is 5.32 Å². The Bertz CT molecular complexity index is 512. The minimum Gasteiger partial charge on any atom is -0.481 e. The van der Waals surface area contributed by atoms with E-state index >= 15 is 0 Å². The molecule has 0 aromatic carbocycles. The van der Waals surface area contributed by atoms with Crippen LogP contribution in [0.2, 0.25) is 0 Å². The largest absolute Gasteiger partial charge is 0.481 e. The Morgan fingerprint density at radius 3 is 2.89 bits per heavy atom. The molecular weight excluding hydrogens is 268 g/mol. The molecule has 3 amide bonds. The number of thiophene rings is 1. The maximum absolute atomic E-state index is 11.8. The van der Waals surface area contributed by atoms with E-state index in [0.717, 1.165) is 12.0 Å². The molecule has 1 aromatic rings. The molecule has 0 saturated carbocycles. The SMILES string of the molecule is O=C(O)CCC(=O)NC(=O)N1CCc2sccc2C1. The van der Waals surface area contributed by atoms with Gasteiger partial charge in [0.15, 0.2) is 0 Å². The van der Waals surface area contributed by atoms with Gasteiger partial charge >= 0.3 is 12.0 Å². The summed E-state index contributed by atoms with van der Waals surface area (Å²) in [7, 11) is 0. The smallest absolute Gasteiger partial charge is 0.324 e. The zero-order valence-corrected chi connectivity index (χ0v) is 11.0. The minimum absolute atomic E-state index is 0.182. The van der Waals surface area contributed by atoms with E-state index in [-0.39, 0.29) is 12.8 Å². The number of hydrogen-bond acceptors (Lipinski definition) is 4. The molecule has 2 rings (SSSR count). The highest BCUT2D eigenvalue weighted by Crippen LogP contribution is 2.23. The number of aliphatic carboxylic acids is 1. The van der Waals surface area contributed by atoms with Crippen molar-refractivity contribution in [2.24, 2.45) is 0 Å². The molecule has 19 heavy (non-hydrogen) atoms. The lowest BCUT2D eigenvalue weighted by atomic mass is 10.1. The lowest BCUT2D eigenvalue weighted by Gasteiger charge is -2.26. The first-order valence-electron chi connectivity index (χ1n) is 5.92. The van der Waals surface area contributed by atoms with Crippen molar-refractivity contribution in [3.63, 3.8) is 0 Å². The number of carboxylic acids is 1. The van der Waals surface area contributed by atoms with E-state index in [9.17, 15) is 14.4 Å². The van der Waals surface area contributed by atoms with Gasteiger partial charge < -0.3 is 10.0 Å². The number of urea groups is 1. The second-order valence-corrected chi connectivity index (χ2v) is 5.29. The van der Waals surface area contributed by atoms with Crippen molar-refractivity contribution in [3.8, 4) is 0 Å². The fourth-order valence-electron chi connectivity index (χ4n) is 1.90. The molecule has 0 spiro atoms. The molecule has 0 atom stereocenters. The fourth-order valence-corrected chi connectivity index (χ4v) is 2.79. The van der Waals surface area contributed by atoms with Crippen LogP contribution in [0.3, 0.4) is 0 Å². The third kappa shape index (κ3) is 3.54. The molecule has 102 valence electrons. The highest BCUT2D eigenvalue weighted by molar-refractivity contribution is 7.10. The van der Waals surface area contributed by atoms with Crippen molar-refractivity contribution >= 4 is 29.2 Å². The summed E-state index contributed by atoms with van der Waals surface area (Å²) in [5.41, 5.74) is 1.12. The monoisotopic (exact) mass is 282 g/mol. The number of carbonyl (C=O) groups is 3. The molecule has 0 unspecified atom stereocenters. The normalized spacial score (nSPS) is 13.8. The lowest BCUT2D eigenvalue weighted by Crippen LogP contribution is -2.44. The Balaban J connectivity index is 1.84. The van der Waals surface area contributed by atoms with E-state index in [1.54, 1.807) is 16.2 Å². The van der Waals surface area contributed by atoms with E-state index < -0.39 is 17.9 Å². The first-order valence-corrected chi connectivity index (χ1v) is 6.80. The zero-order chi connectivity index (χ0) is 13.8. The zero-order valence-electron chi connectivity index (χ0n) is 10.2. The van der Waals surface area contributed by atoms with Crippen LogP contribution in [0.4, 0.5) is 4.79 Å². The summed E-state index contributed by atoms with van der Waals surface area (Å²) in [5.74, 6) is -1.60. The Kier molecular flexibility index (Phi) is 4.16. The number of carboxylic acid groups (broad SMARTS) is 1. The Morgan fingerprint density at radius 1 is 1.37 bits per heavy atom. The third-order valence-corrected chi connectivity index (χ3v) is 3.93. The van der Waals surface area contributed by atoms with Gasteiger partial charge in [-0.3, -0.25) is 14.9 Å². The van der Waals surface area contributed by atoms with Crippen LogP contribution in [-0.4, -0.2) is 34.5 Å². The minimum atomic E-state index is -1.05. The fraction of sp³-hybridized carbons (Fsp3) is 0.417. The average molecular weight is 282 g/mol. The molecular formula is C12H14N2O4S. The molecule has 6 nitrogen and oxygen atoms in total. The van der Waals surface area contributed by atoms with Crippen molar-refractivity contribution in [2.45, 2.75) is 25.8 Å². The van der Waals surface area contributed by atoms with Crippen LogP contribution in [0.15, 0.2) is 11.4 Å². The highest BCUT2D eigenvalue weighted by atomic mass is 32.1. The number of rotatable bonds is 3. The summed E-state index contributed by atoms with van der Waals surface area (Å²) in [6.07, 6.45) is 0.343. The van der Waals surface area contributed by atoms with Crippen molar-refractivity contribution in [3.05, 3.63) is 21.9 Å². The van der Waals surface area contributed by atoms with E-state index in [0.29, 0.717) is 13.1 Å². The lowest BCUT2D eigenvalue weighted by molar-refractivity contribution is -0.138. The molecule has 7 heteroatoms. The molecule has 2 heterocycles. The van der Waals surface area contributed by atoms with Crippen molar-refractivity contribution in [2.75, 3.05) is 6.54 Å². The number of nitrogens with zero attached hydrogens (tertiary/aromatic N) is 1. The van der Waals surface area contributed by atoms with Crippen molar-refractivity contribution < 1.29 is 19.5 Å². The second-order valence-electron chi connectivity index (χ2n) is 4.29. The maximum atomic E-state index is 11.8. The van der Waals surface area contributed by atoms with Gasteiger partial charge in [0, 0.05) is 24.4 Å². The van der Waals surface area contributed by atoms with Gasteiger partial charge in [0.25, 0.3) is 0 Å². The highest BCUT2D eigenvalue weighted by Gasteiger charge is 2.22. The molecule has 0 saturated heterocycles. The standard InChI is InChI=1S/C12H14N2O4S/c15-10(1-2-11(16)17)13-12(18)14-5-3-9-8(7-14)4-6-19-9/h4,6H,1-3,5,7H2,(H,16,17)(H,13,15,18). The Labute approximate surface area is 114 Å². The van der Waals surface area contributed by atoms with Crippen LogP contribution in [0.1, 0.15) is 23.3 Å². The number of fused-ring (bicyclic) bond motifs is 1. The van der Waals surface area contributed by atoms with Gasteiger partial charge in [0.2, 0.25) is 5.91 Å². The van der Waals surface area contributed by atoms with E-state index in [1.807, 2.05) is 11.4 Å². The Morgan fingerprint density at radius 2 is 2.16 bits per heavy atom. The number of carbonyl (C=O) groups excluding carboxylic acids is 2. The molecule has 2 N–H and O–H groups in total. The molecule has 0 bridgehead atoms. The quantitative estimate of drug-likeness (QED) is 0.872. The number of imide groups is 1. The summed E-state index contributed by atoms with van der Waals surface area (Å²) in [6.45, 7) is 1.07. The van der Waals surface area contributed by atoms with E-state index in [4.69, 9.17) is 5.11 Å². The molecule has 0 aliphatic carbocycles. The first-order chi connectivity index (χ1) is 9.06. The van der Waals surface area contributed by atoms with Crippen molar-refractivity contribution in [1.29, 1.82) is 0 Å². The van der Waals surface area contributed by atoms with Crippen LogP contribution in [0.5, 0.6) is 0 Å². The number of amides is 3.